The highest BCUT2D eigenvalue weighted by Gasteiger charge is 2.39. The van der Waals surface area contributed by atoms with E-state index in [4.69, 9.17) is 0 Å². The van der Waals surface area contributed by atoms with Gasteiger partial charge >= 0.3 is 0 Å². The summed E-state index contributed by atoms with van der Waals surface area (Å²) in [4.78, 5) is 13.9. The third-order valence-corrected chi connectivity index (χ3v) is 5.16. The van der Waals surface area contributed by atoms with E-state index in [1.807, 2.05) is 12.3 Å². The highest BCUT2D eigenvalue weighted by molar-refractivity contribution is 7.22. The van der Waals surface area contributed by atoms with Crippen LogP contribution in [0, 0.1) is 11.8 Å². The number of hydrogen-bond donors (Lipinski definition) is 0. The van der Waals surface area contributed by atoms with Crippen molar-refractivity contribution in [2.24, 2.45) is 11.8 Å². The Kier molecular flexibility index (Phi) is 2.32. The monoisotopic (exact) mass is 260 g/mol. The van der Waals surface area contributed by atoms with Crippen molar-refractivity contribution in [2.75, 3.05) is 38.1 Å². The summed E-state index contributed by atoms with van der Waals surface area (Å²) in [6.45, 7) is 4.80. The average molecular weight is 260 g/mol. The quantitative estimate of drug-likeness (QED) is 0.781. The van der Waals surface area contributed by atoms with Crippen LogP contribution in [0.1, 0.15) is 0 Å². The van der Waals surface area contributed by atoms with Gasteiger partial charge in [0.1, 0.15) is 0 Å². The van der Waals surface area contributed by atoms with Gasteiger partial charge in [-0.05, 0) is 31.0 Å². The van der Waals surface area contributed by atoms with Gasteiger partial charge in [0.05, 0.1) is 4.70 Å². The van der Waals surface area contributed by atoms with Crippen molar-refractivity contribution in [3.05, 3.63) is 18.3 Å². The van der Waals surface area contributed by atoms with Crippen LogP contribution in [0.4, 0.5) is 5.13 Å². The molecule has 4 nitrogen and oxygen atoms in total. The van der Waals surface area contributed by atoms with Crippen LogP contribution in [0.5, 0.6) is 0 Å². The first-order valence-corrected chi connectivity index (χ1v) is 7.26. The zero-order valence-electron chi connectivity index (χ0n) is 10.4. The molecular weight excluding hydrogens is 244 g/mol. The summed E-state index contributed by atoms with van der Waals surface area (Å²) in [6.07, 6.45) is 1.82. The fraction of sp³-hybridized carbons (Fsp3) is 0.538. The number of thiazole rings is 1. The van der Waals surface area contributed by atoms with Gasteiger partial charge in [0.2, 0.25) is 0 Å². The minimum Gasteiger partial charge on any atom is -0.347 e. The van der Waals surface area contributed by atoms with Crippen molar-refractivity contribution in [2.45, 2.75) is 0 Å². The maximum atomic E-state index is 4.66. The Morgan fingerprint density at radius 3 is 2.72 bits per heavy atom. The van der Waals surface area contributed by atoms with Gasteiger partial charge in [0, 0.05) is 32.4 Å². The summed E-state index contributed by atoms with van der Waals surface area (Å²) in [5.74, 6) is 1.66. The van der Waals surface area contributed by atoms with Gasteiger partial charge in [0.25, 0.3) is 0 Å². The maximum absolute atomic E-state index is 4.66. The second kappa shape index (κ2) is 3.90. The Morgan fingerprint density at radius 1 is 1.22 bits per heavy atom. The second-order valence-electron chi connectivity index (χ2n) is 5.47. The zero-order valence-corrected chi connectivity index (χ0v) is 11.2. The normalized spacial score (nSPS) is 28.2. The zero-order chi connectivity index (χ0) is 12.1. The van der Waals surface area contributed by atoms with Gasteiger partial charge in [-0.2, -0.15) is 4.98 Å². The van der Waals surface area contributed by atoms with E-state index < -0.39 is 0 Å². The lowest BCUT2D eigenvalue weighted by molar-refractivity contribution is 0.387. The Morgan fingerprint density at radius 2 is 2.00 bits per heavy atom. The molecule has 0 radical (unpaired) electrons. The molecule has 94 valence electrons. The fourth-order valence-electron chi connectivity index (χ4n) is 3.28. The summed E-state index contributed by atoms with van der Waals surface area (Å²) in [5, 5.41) is 1.15. The fourth-order valence-corrected chi connectivity index (χ4v) is 4.22. The van der Waals surface area contributed by atoms with Gasteiger partial charge in [-0.1, -0.05) is 11.3 Å². The lowest BCUT2D eigenvalue weighted by Gasteiger charge is -2.17. The molecule has 2 unspecified atom stereocenters. The van der Waals surface area contributed by atoms with Crippen LogP contribution in [0.15, 0.2) is 18.3 Å². The van der Waals surface area contributed by atoms with E-state index in [2.05, 4.69) is 32.9 Å². The SMILES string of the molecule is CN1CC2CN(c3nc4ncccc4s3)CC2C1. The van der Waals surface area contributed by atoms with Gasteiger partial charge < -0.3 is 9.80 Å². The molecule has 0 bridgehead atoms. The van der Waals surface area contributed by atoms with E-state index in [0.717, 1.165) is 35.7 Å². The highest BCUT2D eigenvalue weighted by atomic mass is 32.1. The van der Waals surface area contributed by atoms with Gasteiger partial charge in [-0.3, -0.25) is 0 Å². The van der Waals surface area contributed by atoms with E-state index in [1.54, 1.807) is 11.3 Å². The summed E-state index contributed by atoms with van der Waals surface area (Å²) in [7, 11) is 2.23. The van der Waals surface area contributed by atoms with Crippen LogP contribution < -0.4 is 4.90 Å². The Balaban J connectivity index is 1.61. The molecule has 0 spiro atoms. The van der Waals surface area contributed by atoms with Crippen molar-refractivity contribution >= 4 is 26.8 Å². The number of hydrogen-bond acceptors (Lipinski definition) is 5. The summed E-state index contributed by atoms with van der Waals surface area (Å²) in [5.41, 5.74) is 0.895. The summed E-state index contributed by atoms with van der Waals surface area (Å²) >= 11 is 1.77. The lowest BCUT2D eigenvalue weighted by Crippen LogP contribution is -2.26. The number of aromatic nitrogens is 2. The molecule has 0 saturated carbocycles. The molecule has 2 aromatic heterocycles. The molecule has 2 atom stereocenters. The predicted molar refractivity (Wildman–Crippen MR) is 74.1 cm³/mol. The molecule has 0 N–H and O–H groups in total. The molecule has 0 aliphatic carbocycles. The summed E-state index contributed by atoms with van der Waals surface area (Å²) in [6, 6.07) is 4.09. The summed E-state index contributed by atoms with van der Waals surface area (Å²) < 4.78 is 1.20. The molecular formula is C13H16N4S. The van der Waals surface area contributed by atoms with Crippen LogP contribution in [0.2, 0.25) is 0 Å². The smallest absolute Gasteiger partial charge is 0.188 e. The molecule has 2 saturated heterocycles. The van der Waals surface area contributed by atoms with E-state index >= 15 is 0 Å². The molecule has 5 heteroatoms. The predicted octanol–water partition coefficient (Wildman–Crippen LogP) is 1.69. The first kappa shape index (κ1) is 10.7. The molecule has 2 aromatic rings. The Hall–Kier alpha value is -1.20. The number of fused-ring (bicyclic) bond motifs is 2. The first-order valence-electron chi connectivity index (χ1n) is 6.44. The molecule has 0 aromatic carbocycles. The van der Waals surface area contributed by atoms with E-state index in [-0.39, 0.29) is 0 Å². The lowest BCUT2D eigenvalue weighted by atomic mass is 10.0. The third kappa shape index (κ3) is 1.61. The molecule has 4 heterocycles. The molecule has 2 fully saturated rings. The molecule has 0 amide bonds. The van der Waals surface area contributed by atoms with E-state index in [9.17, 15) is 0 Å². The number of rotatable bonds is 1. The van der Waals surface area contributed by atoms with Crippen molar-refractivity contribution in [1.82, 2.24) is 14.9 Å². The number of pyridine rings is 1. The third-order valence-electron chi connectivity index (χ3n) is 4.09. The Bertz CT molecular complexity index is 534. The standard InChI is InChI=1S/C13H16N4S/c1-16-5-9-7-17(8-10(9)6-16)13-15-12-11(18-13)3-2-4-14-12/h2-4,9-10H,5-8H2,1H3. The van der Waals surface area contributed by atoms with Crippen LogP contribution in [0.25, 0.3) is 10.3 Å². The maximum Gasteiger partial charge on any atom is 0.188 e. The van der Waals surface area contributed by atoms with Crippen LogP contribution >= 0.6 is 11.3 Å². The molecule has 4 rings (SSSR count). The van der Waals surface area contributed by atoms with Crippen molar-refractivity contribution in [3.63, 3.8) is 0 Å². The van der Waals surface area contributed by atoms with Crippen molar-refractivity contribution < 1.29 is 0 Å². The number of anilines is 1. The average Bonchev–Trinajstić information content (AvgIpc) is 2.98. The highest BCUT2D eigenvalue weighted by Crippen LogP contribution is 2.36. The van der Waals surface area contributed by atoms with E-state index in [1.165, 1.54) is 17.8 Å². The van der Waals surface area contributed by atoms with Crippen LogP contribution in [-0.4, -0.2) is 48.1 Å². The molecule has 2 aliphatic heterocycles. The molecule has 2 aliphatic rings. The van der Waals surface area contributed by atoms with Gasteiger partial charge in [-0.15, -0.1) is 0 Å². The van der Waals surface area contributed by atoms with Gasteiger partial charge in [-0.25, -0.2) is 4.98 Å². The van der Waals surface area contributed by atoms with Crippen LogP contribution in [0.3, 0.4) is 0 Å². The minimum atomic E-state index is 0.829. The van der Waals surface area contributed by atoms with Gasteiger partial charge in [0.15, 0.2) is 10.8 Å². The largest absolute Gasteiger partial charge is 0.347 e. The van der Waals surface area contributed by atoms with E-state index in [0.29, 0.717) is 0 Å². The first-order chi connectivity index (χ1) is 8.79. The second-order valence-corrected chi connectivity index (χ2v) is 6.48. The number of likely N-dealkylation sites (tertiary alicyclic amines) is 1. The Labute approximate surface area is 110 Å². The number of nitrogens with zero attached hydrogens (tertiary/aromatic N) is 4. The molecule has 18 heavy (non-hydrogen) atoms. The minimum absolute atomic E-state index is 0.829. The van der Waals surface area contributed by atoms with Crippen LogP contribution in [-0.2, 0) is 0 Å². The topological polar surface area (TPSA) is 32.3 Å². The van der Waals surface area contributed by atoms with Crippen molar-refractivity contribution in [1.29, 1.82) is 0 Å². The van der Waals surface area contributed by atoms with Crippen molar-refractivity contribution in [3.8, 4) is 0 Å².